The zero-order valence-electron chi connectivity index (χ0n) is 12.6. The summed E-state index contributed by atoms with van der Waals surface area (Å²) in [5.41, 5.74) is 5.65. The van der Waals surface area contributed by atoms with Crippen molar-refractivity contribution < 1.29 is 9.59 Å². The number of aromatic nitrogens is 3. The van der Waals surface area contributed by atoms with Crippen LogP contribution >= 0.6 is 11.8 Å². The molecule has 0 spiro atoms. The zero-order chi connectivity index (χ0) is 16.7. The number of primary amides is 1. The number of amides is 3. The molecule has 0 aliphatic carbocycles. The maximum atomic E-state index is 12.2. The summed E-state index contributed by atoms with van der Waals surface area (Å²) in [5, 5.41) is 5.17. The molecule has 0 aromatic carbocycles. The van der Waals surface area contributed by atoms with Crippen LogP contribution in [-0.4, -0.2) is 44.5 Å². The van der Waals surface area contributed by atoms with Gasteiger partial charge in [-0.3, -0.25) is 9.36 Å². The van der Waals surface area contributed by atoms with E-state index in [0.717, 1.165) is 5.75 Å². The van der Waals surface area contributed by atoms with Gasteiger partial charge in [-0.2, -0.15) is 11.8 Å². The lowest BCUT2D eigenvalue weighted by Gasteiger charge is -2.16. The number of hydrogen-bond acceptors (Lipinski definition) is 5. The van der Waals surface area contributed by atoms with Crippen molar-refractivity contribution in [3.05, 3.63) is 37.1 Å². The third-order valence-electron chi connectivity index (χ3n) is 3.03. The van der Waals surface area contributed by atoms with Crippen LogP contribution in [0, 0.1) is 0 Å². The SMILES string of the molecule is CSCC[C@H](NC(N)=O)C(=O)Nc1ccc(-n2ccnc2)nc1. The van der Waals surface area contributed by atoms with E-state index in [4.69, 9.17) is 5.73 Å². The average Bonchev–Trinajstić information content (AvgIpc) is 3.06. The van der Waals surface area contributed by atoms with E-state index >= 15 is 0 Å². The summed E-state index contributed by atoms with van der Waals surface area (Å²) < 4.78 is 1.75. The summed E-state index contributed by atoms with van der Waals surface area (Å²) >= 11 is 1.59. The van der Waals surface area contributed by atoms with Gasteiger partial charge in [-0.1, -0.05) is 0 Å². The highest BCUT2D eigenvalue weighted by atomic mass is 32.2. The van der Waals surface area contributed by atoms with Crippen molar-refractivity contribution in [2.45, 2.75) is 12.5 Å². The first-order chi connectivity index (χ1) is 11.1. The predicted octanol–water partition coefficient (Wildman–Crippen LogP) is 0.996. The Balaban J connectivity index is 2.01. The maximum absolute atomic E-state index is 12.2. The second-order valence-electron chi connectivity index (χ2n) is 4.71. The van der Waals surface area contributed by atoms with Crippen molar-refractivity contribution in [3.63, 3.8) is 0 Å². The molecule has 0 bridgehead atoms. The number of thioether (sulfide) groups is 1. The van der Waals surface area contributed by atoms with Crippen LogP contribution in [0.25, 0.3) is 5.82 Å². The summed E-state index contributed by atoms with van der Waals surface area (Å²) in [5.74, 6) is 1.10. The van der Waals surface area contributed by atoms with Crippen LogP contribution in [0.3, 0.4) is 0 Å². The number of imidazole rings is 1. The molecule has 1 atom stereocenters. The summed E-state index contributed by atoms with van der Waals surface area (Å²) in [6.07, 6.45) is 9.03. The van der Waals surface area contributed by atoms with Crippen molar-refractivity contribution in [1.82, 2.24) is 19.9 Å². The van der Waals surface area contributed by atoms with Gasteiger partial charge in [-0.05, 0) is 30.6 Å². The second-order valence-corrected chi connectivity index (χ2v) is 5.69. The minimum atomic E-state index is -0.722. The number of urea groups is 1. The van der Waals surface area contributed by atoms with E-state index in [1.54, 1.807) is 53.4 Å². The van der Waals surface area contributed by atoms with E-state index in [1.165, 1.54) is 0 Å². The number of carbonyl (C=O) groups is 2. The Labute approximate surface area is 137 Å². The third-order valence-corrected chi connectivity index (χ3v) is 3.67. The molecule has 0 aliphatic rings. The topological polar surface area (TPSA) is 115 Å². The van der Waals surface area contributed by atoms with E-state index in [9.17, 15) is 9.59 Å². The second kappa shape index (κ2) is 8.18. The molecule has 0 aliphatic heterocycles. The summed E-state index contributed by atoms with van der Waals surface area (Å²) in [7, 11) is 0. The van der Waals surface area contributed by atoms with E-state index in [0.29, 0.717) is 17.9 Å². The fourth-order valence-electron chi connectivity index (χ4n) is 1.91. The van der Waals surface area contributed by atoms with Crippen molar-refractivity contribution >= 4 is 29.4 Å². The Morgan fingerprint density at radius 2 is 2.26 bits per heavy atom. The van der Waals surface area contributed by atoms with Crippen molar-refractivity contribution in [1.29, 1.82) is 0 Å². The van der Waals surface area contributed by atoms with Gasteiger partial charge in [-0.25, -0.2) is 14.8 Å². The summed E-state index contributed by atoms with van der Waals surface area (Å²) in [4.78, 5) is 31.4. The highest BCUT2D eigenvalue weighted by Gasteiger charge is 2.19. The minimum Gasteiger partial charge on any atom is -0.352 e. The first-order valence-corrected chi connectivity index (χ1v) is 8.29. The molecule has 23 heavy (non-hydrogen) atoms. The molecule has 3 amide bonds. The fourth-order valence-corrected chi connectivity index (χ4v) is 2.38. The van der Waals surface area contributed by atoms with Gasteiger partial charge in [0, 0.05) is 12.4 Å². The molecule has 2 aromatic heterocycles. The van der Waals surface area contributed by atoms with Gasteiger partial charge < -0.3 is 16.4 Å². The number of nitrogens with zero attached hydrogens (tertiary/aromatic N) is 3. The van der Waals surface area contributed by atoms with Gasteiger partial charge in [0.15, 0.2) is 0 Å². The molecule has 0 fully saturated rings. The highest BCUT2D eigenvalue weighted by molar-refractivity contribution is 7.98. The number of carbonyl (C=O) groups excluding carboxylic acids is 2. The molecule has 0 saturated heterocycles. The maximum Gasteiger partial charge on any atom is 0.312 e. The molecule has 8 nitrogen and oxygen atoms in total. The summed E-state index contributed by atoms with van der Waals surface area (Å²) in [6.45, 7) is 0. The number of pyridine rings is 1. The molecule has 0 saturated carbocycles. The van der Waals surface area contributed by atoms with Gasteiger partial charge in [0.25, 0.3) is 0 Å². The van der Waals surface area contributed by atoms with E-state index < -0.39 is 12.1 Å². The molecule has 9 heteroatoms. The van der Waals surface area contributed by atoms with Gasteiger partial charge in [0.1, 0.15) is 18.2 Å². The molecule has 2 rings (SSSR count). The van der Waals surface area contributed by atoms with Gasteiger partial charge in [-0.15, -0.1) is 0 Å². The third kappa shape index (κ3) is 4.99. The van der Waals surface area contributed by atoms with E-state index in [-0.39, 0.29) is 5.91 Å². The average molecular weight is 334 g/mol. The number of hydrogen-bond donors (Lipinski definition) is 3. The van der Waals surface area contributed by atoms with Gasteiger partial charge >= 0.3 is 6.03 Å². The van der Waals surface area contributed by atoms with Crippen LogP contribution in [0.4, 0.5) is 10.5 Å². The van der Waals surface area contributed by atoms with Crippen LogP contribution in [0.1, 0.15) is 6.42 Å². The molecular weight excluding hydrogens is 316 g/mol. The van der Waals surface area contributed by atoms with Crippen molar-refractivity contribution in [2.75, 3.05) is 17.3 Å². The Bertz CT molecular complexity index is 644. The Morgan fingerprint density at radius 3 is 2.83 bits per heavy atom. The van der Waals surface area contributed by atoms with Crippen molar-refractivity contribution in [2.24, 2.45) is 5.73 Å². The predicted molar refractivity (Wildman–Crippen MR) is 89.5 cm³/mol. The first kappa shape index (κ1) is 16.8. The molecule has 2 heterocycles. The van der Waals surface area contributed by atoms with Crippen LogP contribution in [0.15, 0.2) is 37.1 Å². The fraction of sp³-hybridized carbons (Fsp3) is 0.286. The lowest BCUT2D eigenvalue weighted by Crippen LogP contribution is -2.46. The quantitative estimate of drug-likeness (QED) is 0.698. The molecule has 0 radical (unpaired) electrons. The number of nitrogens with two attached hydrogens (primary N) is 1. The first-order valence-electron chi connectivity index (χ1n) is 6.90. The largest absolute Gasteiger partial charge is 0.352 e. The monoisotopic (exact) mass is 334 g/mol. The molecule has 122 valence electrons. The number of rotatable bonds is 7. The highest BCUT2D eigenvalue weighted by Crippen LogP contribution is 2.11. The lowest BCUT2D eigenvalue weighted by molar-refractivity contribution is -0.117. The van der Waals surface area contributed by atoms with Crippen molar-refractivity contribution in [3.8, 4) is 5.82 Å². The van der Waals surface area contributed by atoms with Gasteiger partial charge in [0.05, 0.1) is 11.9 Å². The van der Waals surface area contributed by atoms with E-state index in [1.807, 2.05) is 6.26 Å². The standard InChI is InChI=1S/C14H18N6O2S/c1-23-7-4-11(19-14(15)22)13(21)18-10-2-3-12(17-8-10)20-6-5-16-9-20/h2-3,5-6,8-9,11H,4,7H2,1H3,(H,18,21)(H3,15,19,22)/t11-/m0/s1. The Morgan fingerprint density at radius 1 is 1.43 bits per heavy atom. The molecule has 4 N–H and O–H groups in total. The number of nitrogens with one attached hydrogen (secondary N) is 2. The van der Waals surface area contributed by atoms with E-state index in [2.05, 4.69) is 20.6 Å². The van der Waals surface area contributed by atoms with Gasteiger partial charge in [0.2, 0.25) is 5.91 Å². The zero-order valence-corrected chi connectivity index (χ0v) is 13.4. The lowest BCUT2D eigenvalue weighted by atomic mass is 10.2. The summed E-state index contributed by atoms with van der Waals surface area (Å²) in [6, 6.07) is 2.10. The van der Waals surface area contributed by atoms with Crippen LogP contribution in [-0.2, 0) is 4.79 Å². The number of anilines is 1. The molecule has 0 unspecified atom stereocenters. The van der Waals surface area contributed by atoms with Crippen LogP contribution < -0.4 is 16.4 Å². The molecular formula is C14H18N6O2S. The van der Waals surface area contributed by atoms with Crippen LogP contribution in [0.2, 0.25) is 0 Å². The molecule has 2 aromatic rings. The Hall–Kier alpha value is -2.55. The van der Waals surface area contributed by atoms with Crippen LogP contribution in [0.5, 0.6) is 0 Å². The smallest absolute Gasteiger partial charge is 0.312 e. The normalized spacial score (nSPS) is 11.7. The Kier molecular flexibility index (Phi) is 5.98. The minimum absolute atomic E-state index is 0.324.